The van der Waals surface area contributed by atoms with Crippen LogP contribution >= 0.6 is 0 Å². The molecule has 1 amide bonds. The number of alkyl halides is 2. The molecule has 0 unspecified atom stereocenters. The first-order valence-electron chi connectivity index (χ1n) is 7.44. The van der Waals surface area contributed by atoms with Crippen molar-refractivity contribution in [2.45, 2.75) is 24.4 Å². The van der Waals surface area contributed by atoms with Crippen LogP contribution in [-0.4, -0.2) is 50.3 Å². The van der Waals surface area contributed by atoms with Crippen LogP contribution in [0.2, 0.25) is 0 Å². The Morgan fingerprint density at radius 2 is 2.19 bits per heavy atom. The smallest absolute Gasteiger partial charge is 0.351 e. The monoisotopic (exact) mass is 367 g/mol. The van der Waals surface area contributed by atoms with Gasteiger partial charge in [0.15, 0.2) is 6.10 Å². The molecule has 9 nitrogen and oxygen atoms in total. The molecule has 11 heteroatoms. The van der Waals surface area contributed by atoms with Gasteiger partial charge in [0, 0.05) is 18.6 Å². The van der Waals surface area contributed by atoms with Gasteiger partial charge in [-0.25, -0.2) is 9.90 Å². The summed E-state index contributed by atoms with van der Waals surface area (Å²) in [6, 6.07) is 4.14. The summed E-state index contributed by atoms with van der Waals surface area (Å²) < 4.78 is 33.4. The van der Waals surface area contributed by atoms with Crippen LogP contribution in [0.25, 0.3) is 0 Å². The maximum Gasteiger partial charge on any atom is 0.351 e. The summed E-state index contributed by atoms with van der Waals surface area (Å²) in [5.74, 6) is -4.60. The molecule has 1 aliphatic rings. The molecule has 2 N–H and O–H groups in total. The lowest BCUT2D eigenvalue weighted by atomic mass is 10.1. The van der Waals surface area contributed by atoms with Crippen molar-refractivity contribution in [3.63, 3.8) is 0 Å². The number of hydrogen-bond donors (Lipinski definition) is 2. The summed E-state index contributed by atoms with van der Waals surface area (Å²) in [7, 11) is 0. The Kier molecular flexibility index (Phi) is 4.76. The standard InChI is InChI=1S/C15H13F2N4O5/c16-15(17)11(23)9(7-22)26-13(15)21-5-3-10(20-14(21)25)19-12(24)8-2-1-4-18-6-8/h1-6,9,11,13,23H,7H2,(H,19,20,24,25)/t9-,11-,13-/m1/s1. The van der Waals surface area contributed by atoms with Crippen LogP contribution in [0, 0.1) is 0 Å². The maximum atomic E-state index is 14.1. The number of carbonyl (C=O) groups excluding carboxylic acids is 1. The van der Waals surface area contributed by atoms with Gasteiger partial charge in [-0.15, -0.1) is 0 Å². The van der Waals surface area contributed by atoms with E-state index < -0.39 is 42.6 Å². The number of nitrogens with zero attached hydrogens (tertiary/aromatic N) is 3. The number of anilines is 1. The third kappa shape index (κ3) is 3.19. The molecule has 0 aromatic carbocycles. The van der Waals surface area contributed by atoms with Crippen molar-refractivity contribution < 1.29 is 28.5 Å². The van der Waals surface area contributed by atoms with E-state index >= 15 is 0 Å². The number of carbonyl (C=O) groups is 1. The molecule has 1 aliphatic heterocycles. The fourth-order valence-corrected chi connectivity index (χ4v) is 2.45. The van der Waals surface area contributed by atoms with Crippen LogP contribution in [0.1, 0.15) is 16.6 Å². The normalized spacial score (nSPS) is 24.4. The van der Waals surface area contributed by atoms with Crippen LogP contribution < -0.4 is 11.0 Å². The second-order valence-electron chi connectivity index (χ2n) is 5.51. The zero-order valence-electron chi connectivity index (χ0n) is 13.1. The SMILES string of the molecule is [O]C[C@H]1O[C@@H](n2ccc(NC(=O)c3cccnc3)nc2=O)C(F)(F)[C@@H]1O. The van der Waals surface area contributed by atoms with E-state index in [9.17, 15) is 28.6 Å². The Balaban J connectivity index is 1.82. The van der Waals surface area contributed by atoms with Crippen molar-refractivity contribution in [2.24, 2.45) is 0 Å². The molecular weight excluding hydrogens is 354 g/mol. The molecular formula is C15H13F2N4O5. The van der Waals surface area contributed by atoms with E-state index in [4.69, 9.17) is 4.74 Å². The van der Waals surface area contributed by atoms with Gasteiger partial charge in [0.25, 0.3) is 5.91 Å². The van der Waals surface area contributed by atoms with Gasteiger partial charge in [-0.3, -0.25) is 14.3 Å². The van der Waals surface area contributed by atoms with Gasteiger partial charge >= 0.3 is 11.6 Å². The molecule has 1 fully saturated rings. The average Bonchev–Trinajstić information content (AvgIpc) is 2.85. The summed E-state index contributed by atoms with van der Waals surface area (Å²) in [5, 5.41) is 22.6. The summed E-state index contributed by atoms with van der Waals surface area (Å²) >= 11 is 0. The quantitative estimate of drug-likeness (QED) is 0.796. The molecule has 137 valence electrons. The number of aromatic nitrogens is 3. The Morgan fingerprint density at radius 1 is 1.42 bits per heavy atom. The molecule has 3 rings (SSSR count). The molecule has 26 heavy (non-hydrogen) atoms. The highest BCUT2D eigenvalue weighted by atomic mass is 19.3. The van der Waals surface area contributed by atoms with Crippen molar-refractivity contribution in [1.82, 2.24) is 14.5 Å². The third-order valence-electron chi connectivity index (χ3n) is 3.79. The Labute approximate surface area is 144 Å². The minimum atomic E-state index is -3.85. The van der Waals surface area contributed by atoms with Gasteiger partial charge in [0.1, 0.15) is 18.5 Å². The van der Waals surface area contributed by atoms with Crippen LogP contribution in [0.5, 0.6) is 0 Å². The highest BCUT2D eigenvalue weighted by molar-refractivity contribution is 6.03. The Morgan fingerprint density at radius 3 is 2.77 bits per heavy atom. The molecule has 2 aromatic rings. The first-order valence-corrected chi connectivity index (χ1v) is 7.44. The lowest BCUT2D eigenvalue weighted by molar-refractivity contribution is -0.141. The fourth-order valence-electron chi connectivity index (χ4n) is 2.45. The number of ether oxygens (including phenoxy) is 1. The van der Waals surface area contributed by atoms with E-state index in [0.717, 1.165) is 12.3 Å². The fraction of sp³-hybridized carbons (Fsp3) is 0.333. The number of pyridine rings is 1. The first kappa shape index (κ1) is 18.0. The van der Waals surface area contributed by atoms with Crippen LogP contribution in [-0.2, 0) is 9.84 Å². The van der Waals surface area contributed by atoms with Crippen molar-refractivity contribution >= 4 is 11.7 Å². The summed E-state index contributed by atoms with van der Waals surface area (Å²) in [4.78, 5) is 31.3. The topological polar surface area (TPSA) is 126 Å². The van der Waals surface area contributed by atoms with Gasteiger partial charge in [-0.2, -0.15) is 13.8 Å². The predicted octanol–water partition coefficient (Wildman–Crippen LogP) is 0.215. The zero-order valence-corrected chi connectivity index (χ0v) is 13.1. The second-order valence-corrected chi connectivity index (χ2v) is 5.51. The van der Waals surface area contributed by atoms with E-state index in [2.05, 4.69) is 15.3 Å². The molecule has 3 heterocycles. The largest absolute Gasteiger partial charge is 0.384 e. The highest BCUT2D eigenvalue weighted by Crippen LogP contribution is 2.41. The molecule has 0 aliphatic carbocycles. The van der Waals surface area contributed by atoms with Crippen molar-refractivity contribution in [3.05, 3.63) is 52.8 Å². The van der Waals surface area contributed by atoms with E-state index in [1.54, 1.807) is 0 Å². The molecule has 1 radical (unpaired) electrons. The van der Waals surface area contributed by atoms with Gasteiger partial charge in [0.05, 0.1) is 5.56 Å². The summed E-state index contributed by atoms with van der Waals surface area (Å²) in [5.41, 5.74) is -0.928. The lowest BCUT2D eigenvalue weighted by Gasteiger charge is -2.21. The highest BCUT2D eigenvalue weighted by Gasteiger charge is 2.59. The third-order valence-corrected chi connectivity index (χ3v) is 3.79. The molecule has 0 bridgehead atoms. The maximum absolute atomic E-state index is 14.1. The number of hydrogen-bond acceptors (Lipinski definition) is 6. The van der Waals surface area contributed by atoms with Crippen LogP contribution in [0.15, 0.2) is 41.6 Å². The minimum Gasteiger partial charge on any atom is -0.384 e. The number of aliphatic hydroxyl groups excluding tert-OH is 1. The van der Waals surface area contributed by atoms with Crippen molar-refractivity contribution in [3.8, 4) is 0 Å². The Bertz CT molecular complexity index is 861. The lowest BCUT2D eigenvalue weighted by Crippen LogP contribution is -2.41. The van der Waals surface area contributed by atoms with E-state index in [0.29, 0.717) is 4.57 Å². The number of aliphatic hydroxyl groups is 1. The number of rotatable bonds is 4. The number of amides is 1. The van der Waals surface area contributed by atoms with Crippen molar-refractivity contribution in [2.75, 3.05) is 11.9 Å². The van der Waals surface area contributed by atoms with E-state index in [1.165, 1.54) is 24.5 Å². The van der Waals surface area contributed by atoms with Crippen molar-refractivity contribution in [1.29, 1.82) is 0 Å². The molecule has 0 saturated carbocycles. The number of halogens is 2. The van der Waals surface area contributed by atoms with Crippen LogP contribution in [0.4, 0.5) is 14.6 Å². The van der Waals surface area contributed by atoms with Gasteiger partial charge in [-0.05, 0) is 18.2 Å². The van der Waals surface area contributed by atoms with Gasteiger partial charge < -0.3 is 15.2 Å². The Hall–Kier alpha value is -2.76. The minimum absolute atomic E-state index is 0.165. The van der Waals surface area contributed by atoms with E-state index in [1.807, 2.05) is 0 Å². The summed E-state index contributed by atoms with van der Waals surface area (Å²) in [6.07, 6.45) is -2.43. The molecule has 1 saturated heterocycles. The number of nitrogens with one attached hydrogen (secondary N) is 1. The van der Waals surface area contributed by atoms with Gasteiger partial charge in [-0.1, -0.05) is 0 Å². The second kappa shape index (κ2) is 6.86. The zero-order chi connectivity index (χ0) is 18.9. The first-order chi connectivity index (χ1) is 12.3. The average molecular weight is 367 g/mol. The predicted molar refractivity (Wildman–Crippen MR) is 81.1 cm³/mol. The summed E-state index contributed by atoms with van der Waals surface area (Å²) in [6.45, 7) is -1.09. The molecule has 3 atom stereocenters. The molecule has 0 spiro atoms. The van der Waals surface area contributed by atoms with Crippen LogP contribution in [0.3, 0.4) is 0 Å². The van der Waals surface area contributed by atoms with Gasteiger partial charge in [0.2, 0.25) is 6.23 Å². The van der Waals surface area contributed by atoms with E-state index in [-0.39, 0.29) is 11.4 Å². The molecule has 2 aromatic heterocycles.